The molecule has 1 aromatic carbocycles. The van der Waals surface area contributed by atoms with Crippen molar-refractivity contribution in [2.45, 2.75) is 11.4 Å². The van der Waals surface area contributed by atoms with E-state index in [1.54, 1.807) is 12.1 Å². The highest BCUT2D eigenvalue weighted by Gasteiger charge is 2.51. The van der Waals surface area contributed by atoms with Crippen molar-refractivity contribution in [3.8, 4) is 0 Å². The monoisotopic (exact) mass is 239 g/mol. The van der Waals surface area contributed by atoms with E-state index in [1.807, 2.05) is 18.2 Å². The standard InChI is InChI=1S/C10H9NO4S/c12-16(13)10-8(6-14-16)15-11-9(10)7-4-2-1-3-5-7/h1-5,8,10H,6H2. The van der Waals surface area contributed by atoms with Gasteiger partial charge in [0.15, 0.2) is 11.4 Å². The Labute approximate surface area is 92.8 Å². The van der Waals surface area contributed by atoms with Gasteiger partial charge in [-0.1, -0.05) is 35.5 Å². The highest BCUT2D eigenvalue weighted by molar-refractivity contribution is 7.88. The highest BCUT2D eigenvalue weighted by Crippen LogP contribution is 2.30. The Hall–Kier alpha value is -1.40. The van der Waals surface area contributed by atoms with Crippen molar-refractivity contribution in [2.24, 2.45) is 5.16 Å². The van der Waals surface area contributed by atoms with Gasteiger partial charge in [-0.05, 0) is 0 Å². The van der Waals surface area contributed by atoms with Gasteiger partial charge in [-0.3, -0.25) is 4.18 Å². The summed E-state index contributed by atoms with van der Waals surface area (Å²) in [4.78, 5) is 5.06. The summed E-state index contributed by atoms with van der Waals surface area (Å²) in [5.41, 5.74) is 1.19. The molecule has 1 saturated heterocycles. The summed E-state index contributed by atoms with van der Waals surface area (Å²) < 4.78 is 28.0. The Kier molecular flexibility index (Phi) is 2.02. The molecule has 0 saturated carbocycles. The Bertz CT molecular complexity index is 537. The minimum atomic E-state index is -3.58. The van der Waals surface area contributed by atoms with Crippen molar-refractivity contribution >= 4 is 15.8 Å². The molecule has 2 aliphatic rings. The number of rotatable bonds is 1. The van der Waals surface area contributed by atoms with Gasteiger partial charge >= 0.3 is 0 Å². The van der Waals surface area contributed by atoms with Gasteiger partial charge in [0.1, 0.15) is 12.3 Å². The van der Waals surface area contributed by atoms with Crippen LogP contribution in [0.15, 0.2) is 35.5 Å². The molecule has 0 amide bonds. The largest absolute Gasteiger partial charge is 0.388 e. The molecule has 5 nitrogen and oxygen atoms in total. The second kappa shape index (κ2) is 3.29. The lowest BCUT2D eigenvalue weighted by Gasteiger charge is -2.06. The molecule has 0 radical (unpaired) electrons. The molecule has 1 fully saturated rings. The SMILES string of the molecule is O=S1(=O)OCC2ON=C(c3ccccc3)C21. The van der Waals surface area contributed by atoms with E-state index in [0.717, 1.165) is 5.56 Å². The van der Waals surface area contributed by atoms with E-state index in [4.69, 9.17) is 9.02 Å². The van der Waals surface area contributed by atoms with Crippen LogP contribution in [0, 0.1) is 0 Å². The molecule has 2 unspecified atom stereocenters. The van der Waals surface area contributed by atoms with Crippen LogP contribution in [0.2, 0.25) is 0 Å². The third kappa shape index (κ3) is 1.34. The van der Waals surface area contributed by atoms with Crippen molar-refractivity contribution in [1.29, 1.82) is 0 Å². The number of benzene rings is 1. The summed E-state index contributed by atoms with van der Waals surface area (Å²) in [6.45, 7) is 0.0484. The first-order valence-corrected chi connectivity index (χ1v) is 6.33. The lowest BCUT2D eigenvalue weighted by molar-refractivity contribution is 0.0683. The van der Waals surface area contributed by atoms with Crippen molar-refractivity contribution in [2.75, 3.05) is 6.61 Å². The smallest absolute Gasteiger partial charge is 0.280 e. The zero-order valence-corrected chi connectivity index (χ0v) is 9.05. The third-order valence-electron chi connectivity index (χ3n) is 2.67. The fourth-order valence-corrected chi connectivity index (χ4v) is 3.33. The van der Waals surface area contributed by atoms with Crippen LogP contribution in [0.25, 0.3) is 0 Å². The summed E-state index contributed by atoms with van der Waals surface area (Å²) in [6, 6.07) is 9.12. The lowest BCUT2D eigenvalue weighted by atomic mass is 10.1. The van der Waals surface area contributed by atoms with E-state index in [0.29, 0.717) is 5.71 Å². The topological polar surface area (TPSA) is 65.0 Å². The van der Waals surface area contributed by atoms with Crippen LogP contribution in [0.5, 0.6) is 0 Å². The van der Waals surface area contributed by atoms with Gasteiger partial charge in [0, 0.05) is 5.56 Å². The van der Waals surface area contributed by atoms with Gasteiger partial charge < -0.3 is 4.84 Å². The zero-order chi connectivity index (χ0) is 11.2. The van der Waals surface area contributed by atoms with Crippen molar-refractivity contribution in [1.82, 2.24) is 0 Å². The summed E-state index contributed by atoms with van der Waals surface area (Å²) in [6.07, 6.45) is -0.500. The number of hydrogen-bond acceptors (Lipinski definition) is 5. The summed E-state index contributed by atoms with van der Waals surface area (Å²) in [5, 5.41) is 3.06. The maximum absolute atomic E-state index is 11.6. The van der Waals surface area contributed by atoms with E-state index in [9.17, 15) is 8.42 Å². The fourth-order valence-electron chi connectivity index (χ4n) is 1.91. The van der Waals surface area contributed by atoms with Crippen molar-refractivity contribution in [3.05, 3.63) is 35.9 Å². The number of hydrogen-bond donors (Lipinski definition) is 0. The van der Waals surface area contributed by atoms with Crippen LogP contribution in [0.1, 0.15) is 5.56 Å². The van der Waals surface area contributed by atoms with Crippen molar-refractivity contribution in [3.63, 3.8) is 0 Å². The lowest BCUT2D eigenvalue weighted by Crippen LogP contribution is -2.31. The third-order valence-corrected chi connectivity index (χ3v) is 4.28. The second-order valence-electron chi connectivity index (χ2n) is 3.68. The average Bonchev–Trinajstić information content (AvgIpc) is 2.82. The molecule has 0 spiro atoms. The molecule has 2 heterocycles. The minimum absolute atomic E-state index is 0.0484. The molecule has 0 N–H and O–H groups in total. The minimum Gasteiger partial charge on any atom is -0.388 e. The Balaban J connectivity index is 2.05. The first kappa shape index (κ1) is 9.80. The molecule has 6 heteroatoms. The molecular formula is C10H9NO4S. The molecule has 84 valence electrons. The van der Waals surface area contributed by atoms with Gasteiger partial charge in [-0.15, -0.1) is 0 Å². The molecule has 16 heavy (non-hydrogen) atoms. The van der Waals surface area contributed by atoms with Crippen LogP contribution in [0.3, 0.4) is 0 Å². The molecule has 2 atom stereocenters. The predicted octanol–water partition coefficient (Wildman–Crippen LogP) is 0.518. The van der Waals surface area contributed by atoms with Crippen LogP contribution < -0.4 is 0 Å². The van der Waals surface area contributed by atoms with Crippen LogP contribution in [-0.2, 0) is 19.1 Å². The number of fused-ring (bicyclic) bond motifs is 1. The van der Waals surface area contributed by atoms with E-state index < -0.39 is 21.5 Å². The van der Waals surface area contributed by atoms with E-state index >= 15 is 0 Å². The van der Waals surface area contributed by atoms with E-state index in [1.165, 1.54) is 0 Å². The summed E-state index contributed by atoms with van der Waals surface area (Å²) in [7, 11) is -3.58. The predicted molar refractivity (Wildman–Crippen MR) is 56.5 cm³/mol. The van der Waals surface area contributed by atoms with Gasteiger partial charge in [-0.25, -0.2) is 0 Å². The molecule has 1 aromatic rings. The summed E-state index contributed by atoms with van der Waals surface area (Å²) >= 11 is 0. The van der Waals surface area contributed by atoms with Gasteiger partial charge in [-0.2, -0.15) is 8.42 Å². The Morgan fingerprint density at radius 3 is 2.75 bits per heavy atom. The number of oxime groups is 1. The average molecular weight is 239 g/mol. The number of nitrogens with zero attached hydrogens (tertiary/aromatic N) is 1. The molecule has 3 rings (SSSR count). The van der Waals surface area contributed by atoms with Gasteiger partial charge in [0.05, 0.1) is 0 Å². The molecule has 2 aliphatic heterocycles. The fraction of sp³-hybridized carbons (Fsp3) is 0.300. The van der Waals surface area contributed by atoms with Gasteiger partial charge in [0.25, 0.3) is 10.1 Å². The van der Waals surface area contributed by atoms with Crippen LogP contribution in [0.4, 0.5) is 0 Å². The first-order valence-electron chi connectivity index (χ1n) is 4.86. The molecule has 0 aliphatic carbocycles. The van der Waals surface area contributed by atoms with Crippen LogP contribution in [-0.4, -0.2) is 32.1 Å². The molecule has 0 aromatic heterocycles. The second-order valence-corrected chi connectivity index (χ2v) is 5.41. The normalized spacial score (nSPS) is 30.6. The highest BCUT2D eigenvalue weighted by atomic mass is 32.2. The van der Waals surface area contributed by atoms with E-state index in [-0.39, 0.29) is 6.61 Å². The van der Waals surface area contributed by atoms with E-state index in [2.05, 4.69) is 5.16 Å². The zero-order valence-electron chi connectivity index (χ0n) is 8.24. The maximum atomic E-state index is 11.6. The van der Waals surface area contributed by atoms with Crippen LogP contribution >= 0.6 is 0 Å². The Morgan fingerprint density at radius 2 is 2.00 bits per heavy atom. The molecular weight excluding hydrogens is 230 g/mol. The molecule has 0 bridgehead atoms. The quantitative estimate of drug-likeness (QED) is 0.670. The van der Waals surface area contributed by atoms with Crippen molar-refractivity contribution < 1.29 is 17.4 Å². The maximum Gasteiger partial charge on any atom is 0.280 e. The Morgan fingerprint density at radius 1 is 1.25 bits per heavy atom. The van der Waals surface area contributed by atoms with Gasteiger partial charge in [0.2, 0.25) is 0 Å². The first-order chi connectivity index (χ1) is 7.68. The summed E-state index contributed by atoms with van der Waals surface area (Å²) in [5.74, 6) is 0.